The number of aryl methyl sites for hydroxylation is 2. The van der Waals surface area contributed by atoms with Gasteiger partial charge in [-0.05, 0) is 83.8 Å². The van der Waals surface area contributed by atoms with Crippen LogP contribution in [0.3, 0.4) is 0 Å². The van der Waals surface area contributed by atoms with Gasteiger partial charge in [-0.15, -0.1) is 0 Å². The zero-order chi connectivity index (χ0) is 31.5. The first-order chi connectivity index (χ1) is 21.8. The maximum atomic E-state index is 13.4. The van der Waals surface area contributed by atoms with E-state index in [2.05, 4.69) is 29.6 Å². The normalized spacial score (nSPS) is 14.2. The van der Waals surface area contributed by atoms with Crippen LogP contribution < -0.4 is 19.7 Å². The highest BCUT2D eigenvalue weighted by atomic mass is 35.5. The van der Waals surface area contributed by atoms with E-state index in [1.165, 1.54) is 6.08 Å². The lowest BCUT2D eigenvalue weighted by atomic mass is 10.0. The molecule has 1 N–H and O–H groups in total. The Labute approximate surface area is 265 Å². The van der Waals surface area contributed by atoms with Gasteiger partial charge in [-0.3, -0.25) is 14.9 Å². The first-order valence-corrected chi connectivity index (χ1v) is 14.7. The van der Waals surface area contributed by atoms with Gasteiger partial charge in [0.05, 0.1) is 10.7 Å². The van der Waals surface area contributed by atoms with E-state index in [0.29, 0.717) is 41.0 Å². The van der Waals surface area contributed by atoms with Crippen molar-refractivity contribution in [2.45, 2.75) is 27.1 Å². The quantitative estimate of drug-likeness (QED) is 0.141. The number of fused-ring (bicyclic) bond motifs is 1. The number of rotatable bonds is 8. The molecule has 1 aliphatic heterocycles. The van der Waals surface area contributed by atoms with Crippen molar-refractivity contribution in [3.05, 3.63) is 142 Å². The summed E-state index contributed by atoms with van der Waals surface area (Å²) in [6.45, 7) is 4.75. The number of amides is 4. The lowest BCUT2D eigenvalue weighted by Crippen LogP contribution is -2.54. The first kappa shape index (κ1) is 29.7. The van der Waals surface area contributed by atoms with Crippen LogP contribution in [0.2, 0.25) is 5.02 Å². The fourth-order valence-corrected chi connectivity index (χ4v) is 5.35. The van der Waals surface area contributed by atoms with Gasteiger partial charge in [0.2, 0.25) is 0 Å². The van der Waals surface area contributed by atoms with Crippen molar-refractivity contribution in [1.82, 2.24) is 5.32 Å². The Morgan fingerprint density at radius 3 is 2.31 bits per heavy atom. The topological polar surface area (TPSA) is 84.9 Å². The maximum Gasteiger partial charge on any atom is 0.335 e. The molecule has 0 atom stereocenters. The van der Waals surface area contributed by atoms with Crippen LogP contribution in [-0.2, 0) is 22.8 Å². The molecule has 5 aromatic carbocycles. The van der Waals surface area contributed by atoms with Gasteiger partial charge in [-0.25, -0.2) is 9.69 Å². The van der Waals surface area contributed by atoms with Gasteiger partial charge in [0, 0.05) is 5.56 Å². The highest BCUT2D eigenvalue weighted by molar-refractivity contribution is 6.39. The molecule has 6 rings (SSSR count). The third kappa shape index (κ3) is 6.44. The van der Waals surface area contributed by atoms with Crippen molar-refractivity contribution < 1.29 is 23.9 Å². The Balaban J connectivity index is 1.16. The number of anilines is 1. The van der Waals surface area contributed by atoms with Crippen LogP contribution in [0.15, 0.2) is 109 Å². The van der Waals surface area contributed by atoms with Crippen LogP contribution in [-0.4, -0.2) is 17.8 Å². The molecule has 0 aromatic heterocycles. The average Bonchev–Trinajstić information content (AvgIpc) is 3.03. The Kier molecular flexibility index (Phi) is 8.36. The van der Waals surface area contributed by atoms with E-state index in [9.17, 15) is 14.4 Å². The summed E-state index contributed by atoms with van der Waals surface area (Å²) in [7, 11) is 0. The highest BCUT2D eigenvalue weighted by Gasteiger charge is 2.36. The minimum atomic E-state index is -0.832. The maximum absolute atomic E-state index is 13.4. The number of nitrogens with one attached hydrogen (secondary N) is 1. The third-order valence-electron chi connectivity index (χ3n) is 7.64. The summed E-state index contributed by atoms with van der Waals surface area (Å²) in [6.07, 6.45) is 1.40. The average molecular weight is 617 g/mol. The molecule has 45 heavy (non-hydrogen) atoms. The second-order valence-corrected chi connectivity index (χ2v) is 11.2. The molecule has 1 aliphatic rings. The predicted octanol–water partition coefficient (Wildman–Crippen LogP) is 7.93. The molecule has 0 bridgehead atoms. The van der Waals surface area contributed by atoms with E-state index in [1.54, 1.807) is 42.5 Å². The van der Waals surface area contributed by atoms with E-state index in [4.69, 9.17) is 21.1 Å². The Morgan fingerprint density at radius 1 is 0.800 bits per heavy atom. The third-order valence-corrected chi connectivity index (χ3v) is 7.93. The van der Waals surface area contributed by atoms with Crippen molar-refractivity contribution >= 4 is 52.0 Å². The van der Waals surface area contributed by atoms with Crippen LogP contribution >= 0.6 is 11.6 Å². The number of hydrogen-bond acceptors (Lipinski definition) is 5. The molecule has 4 amide bonds. The standard InChI is InChI=1S/C37H29ClN2O5/c1-23-7-10-25(11-8-23)21-44-29-16-14-28(15-17-29)40-36(42)31(35(41)39-37(40)43)19-26-12-18-34(33(38)20-26)45-22-32-24(2)9-13-27-5-3-4-6-30(27)32/h3-20H,21-22H2,1-2H3,(H,39,41,43)/b31-19+. The van der Waals surface area contributed by atoms with Crippen molar-refractivity contribution in [1.29, 1.82) is 0 Å². The molecule has 0 saturated carbocycles. The molecule has 0 unspecified atom stereocenters. The molecule has 7 nitrogen and oxygen atoms in total. The van der Waals surface area contributed by atoms with Crippen molar-refractivity contribution in [3.8, 4) is 11.5 Å². The molecule has 1 heterocycles. The summed E-state index contributed by atoms with van der Waals surface area (Å²) in [5.41, 5.74) is 4.95. The van der Waals surface area contributed by atoms with Crippen LogP contribution in [0, 0.1) is 13.8 Å². The molecule has 8 heteroatoms. The molecule has 0 radical (unpaired) electrons. The molecule has 0 spiro atoms. The van der Waals surface area contributed by atoms with Gasteiger partial charge in [0.1, 0.15) is 30.3 Å². The smallest absolute Gasteiger partial charge is 0.335 e. The predicted molar refractivity (Wildman–Crippen MR) is 175 cm³/mol. The molecule has 0 aliphatic carbocycles. The number of hydrogen-bond donors (Lipinski definition) is 1. The SMILES string of the molecule is Cc1ccc(COc2ccc(N3C(=O)NC(=O)/C(=C\c4ccc(OCc5c(C)ccc6ccccc56)c(Cl)c4)C3=O)cc2)cc1. The zero-order valence-electron chi connectivity index (χ0n) is 24.7. The van der Waals surface area contributed by atoms with Crippen LogP contribution in [0.4, 0.5) is 10.5 Å². The summed E-state index contributed by atoms with van der Waals surface area (Å²) in [6, 6.07) is 31.0. The van der Waals surface area contributed by atoms with Crippen LogP contribution in [0.1, 0.15) is 27.8 Å². The van der Waals surface area contributed by atoms with E-state index >= 15 is 0 Å². The molecule has 224 valence electrons. The van der Waals surface area contributed by atoms with Gasteiger partial charge in [0.15, 0.2) is 0 Å². The van der Waals surface area contributed by atoms with E-state index < -0.39 is 17.8 Å². The zero-order valence-corrected chi connectivity index (χ0v) is 25.4. The number of imide groups is 2. The highest BCUT2D eigenvalue weighted by Crippen LogP contribution is 2.30. The Hall–Kier alpha value is -5.40. The summed E-state index contributed by atoms with van der Waals surface area (Å²) in [4.78, 5) is 39.8. The van der Waals surface area contributed by atoms with Crippen LogP contribution in [0.25, 0.3) is 16.8 Å². The summed E-state index contributed by atoms with van der Waals surface area (Å²) in [5, 5.41) is 4.80. The first-order valence-electron chi connectivity index (χ1n) is 14.4. The van der Waals surface area contributed by atoms with Crippen molar-refractivity contribution in [3.63, 3.8) is 0 Å². The molecular weight excluding hydrogens is 588 g/mol. The lowest BCUT2D eigenvalue weighted by Gasteiger charge is -2.26. The summed E-state index contributed by atoms with van der Waals surface area (Å²) in [5.74, 6) is -0.502. The minimum Gasteiger partial charge on any atom is -0.489 e. The number of benzene rings is 5. The molecule has 1 saturated heterocycles. The monoisotopic (exact) mass is 616 g/mol. The van der Waals surface area contributed by atoms with Gasteiger partial charge < -0.3 is 9.47 Å². The van der Waals surface area contributed by atoms with Gasteiger partial charge in [-0.1, -0.05) is 83.9 Å². The number of ether oxygens (including phenoxy) is 2. The van der Waals surface area contributed by atoms with E-state index in [1.807, 2.05) is 50.2 Å². The van der Waals surface area contributed by atoms with Crippen LogP contribution in [0.5, 0.6) is 11.5 Å². The number of carbonyl (C=O) groups excluding carboxylic acids is 3. The number of nitrogens with zero attached hydrogens (tertiary/aromatic N) is 1. The van der Waals surface area contributed by atoms with Gasteiger partial charge >= 0.3 is 6.03 Å². The molecule has 1 fully saturated rings. The van der Waals surface area contributed by atoms with Crippen molar-refractivity contribution in [2.75, 3.05) is 4.90 Å². The Bertz CT molecular complexity index is 1970. The van der Waals surface area contributed by atoms with E-state index in [0.717, 1.165) is 37.9 Å². The molecule has 5 aromatic rings. The number of urea groups is 1. The number of barbiturate groups is 1. The number of carbonyl (C=O) groups is 3. The van der Waals surface area contributed by atoms with E-state index in [-0.39, 0.29) is 5.57 Å². The molecular formula is C37H29ClN2O5. The lowest BCUT2D eigenvalue weighted by molar-refractivity contribution is -0.122. The van der Waals surface area contributed by atoms with Gasteiger partial charge in [-0.2, -0.15) is 0 Å². The second kappa shape index (κ2) is 12.7. The van der Waals surface area contributed by atoms with Gasteiger partial charge in [0.25, 0.3) is 11.8 Å². The minimum absolute atomic E-state index is 0.203. The van der Waals surface area contributed by atoms with Crippen molar-refractivity contribution in [2.24, 2.45) is 0 Å². The largest absolute Gasteiger partial charge is 0.489 e. The number of halogens is 1. The fourth-order valence-electron chi connectivity index (χ4n) is 5.11. The fraction of sp³-hybridized carbons (Fsp3) is 0.108. The Morgan fingerprint density at radius 2 is 1.56 bits per heavy atom. The second-order valence-electron chi connectivity index (χ2n) is 10.8. The summed E-state index contributed by atoms with van der Waals surface area (Å²) >= 11 is 6.56. The summed E-state index contributed by atoms with van der Waals surface area (Å²) < 4.78 is 11.9.